The molecule has 0 aromatic heterocycles. The third kappa shape index (κ3) is 4.25. The molecule has 20 heavy (non-hydrogen) atoms. The van der Waals surface area contributed by atoms with Crippen LogP contribution in [0.25, 0.3) is 0 Å². The van der Waals surface area contributed by atoms with Gasteiger partial charge in [0, 0.05) is 19.2 Å². The molecule has 1 amide bonds. The molecule has 3 nitrogen and oxygen atoms in total. The quantitative estimate of drug-likeness (QED) is 0.905. The van der Waals surface area contributed by atoms with Crippen molar-refractivity contribution < 1.29 is 4.79 Å². The Hall–Kier alpha value is -1.00. The Bertz CT molecular complexity index is 425. The normalized spacial score (nSPS) is 17.1. The molecular formula is C16H24N2OS. The van der Waals surface area contributed by atoms with Gasteiger partial charge in [0.1, 0.15) is 0 Å². The molecule has 1 aliphatic heterocycles. The number of carbonyl (C=O) groups is 1. The van der Waals surface area contributed by atoms with E-state index >= 15 is 0 Å². The molecule has 4 heteroatoms. The smallest absolute Gasteiger partial charge is 0.251 e. The number of amides is 1. The van der Waals surface area contributed by atoms with Gasteiger partial charge in [0.2, 0.25) is 0 Å². The Balaban J connectivity index is 1.84. The molecule has 0 unspecified atom stereocenters. The van der Waals surface area contributed by atoms with Gasteiger partial charge in [-0.05, 0) is 61.6 Å². The van der Waals surface area contributed by atoms with Crippen LogP contribution in [0.4, 0.5) is 0 Å². The summed E-state index contributed by atoms with van der Waals surface area (Å²) in [7, 11) is 1.66. The van der Waals surface area contributed by atoms with Gasteiger partial charge in [-0.2, -0.15) is 11.8 Å². The summed E-state index contributed by atoms with van der Waals surface area (Å²) < 4.78 is 0. The average Bonchev–Trinajstić information content (AvgIpc) is 2.49. The number of hydrogen-bond acceptors (Lipinski definition) is 3. The van der Waals surface area contributed by atoms with Gasteiger partial charge in [0.15, 0.2) is 0 Å². The van der Waals surface area contributed by atoms with E-state index in [4.69, 9.17) is 0 Å². The number of nitrogens with zero attached hydrogens (tertiary/aromatic N) is 1. The van der Waals surface area contributed by atoms with Crippen molar-refractivity contribution in [1.29, 1.82) is 0 Å². The molecule has 0 radical (unpaired) electrons. The standard InChI is InChI=1S/C16H24N2OS/c1-17-16(19)15-5-3-13(4-6-15)11-18-9-7-14(8-10-18)12-20-2/h3-6,14H,7-12H2,1-2H3,(H,17,19). The molecule has 0 bridgehead atoms. The maximum absolute atomic E-state index is 11.5. The van der Waals surface area contributed by atoms with Gasteiger partial charge in [-0.3, -0.25) is 9.69 Å². The van der Waals surface area contributed by atoms with Crippen molar-refractivity contribution in [3.05, 3.63) is 35.4 Å². The minimum atomic E-state index is -0.0190. The molecule has 1 aliphatic rings. The molecule has 1 fully saturated rings. The van der Waals surface area contributed by atoms with Crippen molar-refractivity contribution in [1.82, 2.24) is 10.2 Å². The van der Waals surface area contributed by atoms with Gasteiger partial charge < -0.3 is 5.32 Å². The fourth-order valence-corrected chi connectivity index (χ4v) is 3.52. The lowest BCUT2D eigenvalue weighted by atomic mass is 9.98. The lowest BCUT2D eigenvalue weighted by Gasteiger charge is -2.31. The summed E-state index contributed by atoms with van der Waals surface area (Å²) in [6.07, 6.45) is 4.83. The van der Waals surface area contributed by atoms with Crippen molar-refractivity contribution in [2.24, 2.45) is 5.92 Å². The number of piperidine rings is 1. The van der Waals surface area contributed by atoms with Gasteiger partial charge in [-0.25, -0.2) is 0 Å². The Morgan fingerprint density at radius 2 is 1.95 bits per heavy atom. The number of hydrogen-bond donors (Lipinski definition) is 1. The van der Waals surface area contributed by atoms with Crippen LogP contribution in [-0.4, -0.2) is 43.0 Å². The molecule has 2 rings (SSSR count). The Kier molecular flexibility index (Phi) is 5.92. The molecule has 0 atom stereocenters. The lowest BCUT2D eigenvalue weighted by Crippen LogP contribution is -2.33. The molecule has 1 aromatic rings. The molecule has 110 valence electrons. The summed E-state index contributed by atoms with van der Waals surface area (Å²) in [5.74, 6) is 2.18. The van der Waals surface area contributed by atoms with E-state index in [2.05, 4.69) is 28.6 Å². The summed E-state index contributed by atoms with van der Waals surface area (Å²) in [5, 5.41) is 2.65. The van der Waals surface area contributed by atoms with Crippen LogP contribution in [0.5, 0.6) is 0 Å². The summed E-state index contributed by atoms with van der Waals surface area (Å²) in [4.78, 5) is 14.0. The summed E-state index contributed by atoms with van der Waals surface area (Å²) in [5.41, 5.74) is 2.02. The van der Waals surface area contributed by atoms with Crippen LogP contribution in [0.3, 0.4) is 0 Å². The summed E-state index contributed by atoms with van der Waals surface area (Å²) in [6.45, 7) is 3.39. The molecule has 0 aliphatic carbocycles. The van der Waals surface area contributed by atoms with Crippen molar-refractivity contribution in [3.63, 3.8) is 0 Å². The van der Waals surface area contributed by atoms with E-state index < -0.39 is 0 Å². The average molecular weight is 292 g/mol. The summed E-state index contributed by atoms with van der Waals surface area (Å²) in [6, 6.07) is 7.96. The fourth-order valence-electron chi connectivity index (χ4n) is 2.71. The molecular weight excluding hydrogens is 268 g/mol. The zero-order valence-corrected chi connectivity index (χ0v) is 13.2. The highest BCUT2D eigenvalue weighted by Gasteiger charge is 2.18. The van der Waals surface area contributed by atoms with Crippen molar-refractivity contribution >= 4 is 17.7 Å². The lowest BCUT2D eigenvalue weighted by molar-refractivity contribution is 0.0963. The van der Waals surface area contributed by atoms with Gasteiger partial charge >= 0.3 is 0 Å². The summed E-state index contributed by atoms with van der Waals surface area (Å²) >= 11 is 1.96. The predicted octanol–water partition coefficient (Wildman–Crippen LogP) is 2.62. The van der Waals surface area contributed by atoms with Gasteiger partial charge in [0.25, 0.3) is 5.91 Å². The second-order valence-corrected chi connectivity index (χ2v) is 6.36. The highest BCUT2D eigenvalue weighted by Crippen LogP contribution is 2.21. The molecule has 1 N–H and O–H groups in total. The van der Waals surface area contributed by atoms with Crippen LogP contribution in [0, 0.1) is 5.92 Å². The number of likely N-dealkylation sites (tertiary alicyclic amines) is 1. The largest absolute Gasteiger partial charge is 0.355 e. The molecule has 1 aromatic carbocycles. The second-order valence-electron chi connectivity index (χ2n) is 5.45. The first-order valence-corrected chi connectivity index (χ1v) is 8.64. The molecule has 0 saturated carbocycles. The van der Waals surface area contributed by atoms with E-state index in [9.17, 15) is 4.79 Å². The first-order chi connectivity index (χ1) is 9.72. The molecule has 1 saturated heterocycles. The van der Waals surface area contributed by atoms with E-state index in [0.717, 1.165) is 18.0 Å². The Morgan fingerprint density at radius 1 is 1.30 bits per heavy atom. The topological polar surface area (TPSA) is 32.3 Å². The monoisotopic (exact) mass is 292 g/mol. The van der Waals surface area contributed by atoms with Crippen LogP contribution in [0.1, 0.15) is 28.8 Å². The number of benzene rings is 1. The van der Waals surface area contributed by atoms with Crippen LogP contribution in [0.15, 0.2) is 24.3 Å². The van der Waals surface area contributed by atoms with Gasteiger partial charge in [-0.15, -0.1) is 0 Å². The van der Waals surface area contributed by atoms with Crippen LogP contribution in [0.2, 0.25) is 0 Å². The van der Waals surface area contributed by atoms with Gasteiger partial charge in [0.05, 0.1) is 0 Å². The van der Waals surface area contributed by atoms with E-state index in [1.807, 2.05) is 23.9 Å². The second kappa shape index (κ2) is 7.70. The number of thioether (sulfide) groups is 1. The SMILES string of the molecule is CNC(=O)c1ccc(CN2CCC(CSC)CC2)cc1. The van der Waals surface area contributed by atoms with Crippen molar-refractivity contribution in [2.75, 3.05) is 32.1 Å². The maximum atomic E-state index is 11.5. The first-order valence-electron chi connectivity index (χ1n) is 7.25. The number of nitrogens with one attached hydrogen (secondary N) is 1. The maximum Gasteiger partial charge on any atom is 0.251 e. The van der Waals surface area contributed by atoms with Crippen molar-refractivity contribution in [3.8, 4) is 0 Å². The van der Waals surface area contributed by atoms with E-state index in [-0.39, 0.29) is 5.91 Å². The van der Waals surface area contributed by atoms with Crippen LogP contribution in [-0.2, 0) is 6.54 Å². The number of carbonyl (C=O) groups excluding carboxylic acids is 1. The van der Waals surface area contributed by atoms with E-state index in [1.165, 1.54) is 37.2 Å². The van der Waals surface area contributed by atoms with Crippen LogP contribution < -0.4 is 5.32 Å². The predicted molar refractivity (Wildman–Crippen MR) is 86.2 cm³/mol. The highest BCUT2D eigenvalue weighted by molar-refractivity contribution is 7.98. The number of rotatable bonds is 5. The minimum Gasteiger partial charge on any atom is -0.355 e. The van der Waals surface area contributed by atoms with Crippen LogP contribution >= 0.6 is 11.8 Å². The third-order valence-corrected chi connectivity index (χ3v) is 4.76. The first kappa shape index (κ1) is 15.4. The molecule has 0 spiro atoms. The fraction of sp³-hybridized carbons (Fsp3) is 0.562. The third-order valence-electron chi connectivity index (χ3n) is 3.96. The van der Waals surface area contributed by atoms with Crippen molar-refractivity contribution in [2.45, 2.75) is 19.4 Å². The highest BCUT2D eigenvalue weighted by atomic mass is 32.2. The van der Waals surface area contributed by atoms with E-state index in [1.54, 1.807) is 7.05 Å². The minimum absolute atomic E-state index is 0.0190. The zero-order valence-electron chi connectivity index (χ0n) is 12.4. The zero-order chi connectivity index (χ0) is 14.4. The van der Waals surface area contributed by atoms with Gasteiger partial charge in [-0.1, -0.05) is 12.1 Å². The van der Waals surface area contributed by atoms with E-state index in [0.29, 0.717) is 0 Å². The Labute approximate surface area is 126 Å². The molecule has 1 heterocycles. The Morgan fingerprint density at radius 3 is 2.50 bits per heavy atom.